The van der Waals surface area contributed by atoms with E-state index in [9.17, 15) is 0 Å². The van der Waals surface area contributed by atoms with Crippen LogP contribution < -0.4 is 11.3 Å². The summed E-state index contributed by atoms with van der Waals surface area (Å²) >= 11 is 13.0. The van der Waals surface area contributed by atoms with Gasteiger partial charge < -0.3 is 0 Å². The lowest BCUT2D eigenvalue weighted by Crippen LogP contribution is -2.10. The molecule has 2 aromatic rings. The molecular weight excluding hydrogens is 281 g/mol. The fraction of sp³-hybridized carbons (Fsp3) is 0. The van der Waals surface area contributed by atoms with E-state index in [1.807, 2.05) is 0 Å². The second-order valence-electron chi connectivity index (χ2n) is 2.91. The average molecular weight is 288 g/mol. The van der Waals surface area contributed by atoms with E-state index in [-0.39, 0.29) is 0 Å². The van der Waals surface area contributed by atoms with Crippen LogP contribution >= 0.6 is 35.0 Å². The van der Waals surface area contributed by atoms with Gasteiger partial charge in [-0.3, -0.25) is 5.43 Å². The van der Waals surface area contributed by atoms with Crippen molar-refractivity contribution in [1.29, 1.82) is 0 Å². The molecule has 0 aliphatic heterocycles. The lowest BCUT2D eigenvalue weighted by molar-refractivity contribution is 1.02. The molecule has 5 nitrogen and oxygen atoms in total. The fourth-order valence-electron chi connectivity index (χ4n) is 1.01. The van der Waals surface area contributed by atoms with Gasteiger partial charge in [-0.1, -0.05) is 23.2 Å². The first-order valence-electron chi connectivity index (χ1n) is 4.47. The number of hydrogen-bond acceptors (Lipinski definition) is 6. The van der Waals surface area contributed by atoms with E-state index in [0.717, 1.165) is 5.03 Å². The quantitative estimate of drug-likeness (QED) is 0.513. The maximum atomic E-state index is 5.97. The lowest BCUT2D eigenvalue weighted by atomic mass is 10.5. The minimum atomic E-state index is 0.297. The van der Waals surface area contributed by atoms with Crippen LogP contribution in [0.3, 0.4) is 0 Å². The average Bonchev–Trinajstić information content (AvgIpc) is 2.35. The van der Waals surface area contributed by atoms with Crippen molar-refractivity contribution in [3.63, 3.8) is 0 Å². The molecule has 0 spiro atoms. The maximum Gasteiger partial charge on any atom is 0.238 e. The van der Waals surface area contributed by atoms with E-state index in [1.165, 1.54) is 18.0 Å². The summed E-state index contributed by atoms with van der Waals surface area (Å²) in [4.78, 5) is 12.1. The second kappa shape index (κ2) is 5.50. The normalized spacial score (nSPS) is 10.3. The van der Waals surface area contributed by atoms with E-state index in [0.29, 0.717) is 21.0 Å². The monoisotopic (exact) mass is 287 g/mol. The number of anilines is 1. The van der Waals surface area contributed by atoms with Crippen molar-refractivity contribution in [2.45, 2.75) is 10.1 Å². The first-order chi connectivity index (χ1) is 8.19. The second-order valence-corrected chi connectivity index (χ2v) is 4.76. The Kier molecular flexibility index (Phi) is 4.01. The number of nitrogens with zero attached hydrogens (tertiary/aromatic N) is 3. The summed E-state index contributed by atoms with van der Waals surface area (Å²) in [5.74, 6) is 5.52. The summed E-state index contributed by atoms with van der Waals surface area (Å²) in [6, 6.07) is 3.52. The fourth-order valence-corrected chi connectivity index (χ4v) is 2.05. The highest BCUT2D eigenvalue weighted by Gasteiger charge is 2.07. The Morgan fingerprint density at radius 3 is 2.65 bits per heavy atom. The molecule has 0 unspecified atom stereocenters. The molecule has 0 aliphatic rings. The highest BCUT2D eigenvalue weighted by molar-refractivity contribution is 7.99. The predicted octanol–water partition coefficient (Wildman–Crippen LogP) is 2.62. The predicted molar refractivity (Wildman–Crippen MR) is 68.2 cm³/mol. The molecule has 3 N–H and O–H groups in total. The molecule has 0 atom stereocenters. The van der Waals surface area contributed by atoms with Crippen LogP contribution in [0.4, 0.5) is 5.95 Å². The molecular formula is C9H7Cl2N5S. The Balaban J connectivity index is 2.25. The number of aromatic nitrogens is 3. The van der Waals surface area contributed by atoms with E-state index in [1.54, 1.807) is 18.3 Å². The summed E-state index contributed by atoms with van der Waals surface area (Å²) in [7, 11) is 0. The molecule has 2 aromatic heterocycles. The molecule has 0 fully saturated rings. The number of hydrazine groups is 1. The van der Waals surface area contributed by atoms with Gasteiger partial charge in [-0.25, -0.2) is 20.8 Å². The Morgan fingerprint density at radius 2 is 2.00 bits per heavy atom. The van der Waals surface area contributed by atoms with Gasteiger partial charge in [-0.15, -0.1) is 0 Å². The van der Waals surface area contributed by atoms with Gasteiger partial charge >= 0.3 is 0 Å². The Hall–Kier alpha value is -1.08. The molecule has 0 aromatic carbocycles. The molecule has 0 bridgehead atoms. The van der Waals surface area contributed by atoms with Crippen LogP contribution in [0.15, 0.2) is 34.6 Å². The van der Waals surface area contributed by atoms with Crippen LogP contribution in [0.1, 0.15) is 0 Å². The highest BCUT2D eigenvalue weighted by atomic mass is 35.5. The highest BCUT2D eigenvalue weighted by Crippen LogP contribution is 2.30. The molecule has 0 saturated carbocycles. The maximum absolute atomic E-state index is 5.97. The number of nitrogens with two attached hydrogens (primary N) is 1. The third-order valence-corrected chi connectivity index (χ3v) is 3.31. The van der Waals surface area contributed by atoms with Gasteiger partial charge in [0.25, 0.3) is 0 Å². The van der Waals surface area contributed by atoms with Crippen LogP contribution in [0, 0.1) is 0 Å². The Morgan fingerprint density at radius 1 is 1.18 bits per heavy atom. The van der Waals surface area contributed by atoms with Gasteiger partial charge in [0.2, 0.25) is 5.95 Å². The molecule has 2 rings (SSSR count). The SMILES string of the molecule is NNc1ncc(Cl)c(Sc2ccc(Cl)cn2)n1. The van der Waals surface area contributed by atoms with Crippen LogP contribution in [-0.4, -0.2) is 15.0 Å². The van der Waals surface area contributed by atoms with Crippen LogP contribution in [0.2, 0.25) is 10.0 Å². The molecule has 0 amide bonds. The lowest BCUT2D eigenvalue weighted by Gasteiger charge is -2.04. The molecule has 2 heterocycles. The van der Waals surface area contributed by atoms with Crippen molar-refractivity contribution >= 4 is 40.9 Å². The summed E-state index contributed by atoms with van der Waals surface area (Å²) in [5, 5.41) is 2.32. The molecule has 8 heteroatoms. The molecule has 88 valence electrons. The van der Waals surface area contributed by atoms with E-state index in [2.05, 4.69) is 20.4 Å². The van der Waals surface area contributed by atoms with Gasteiger partial charge in [-0.05, 0) is 23.9 Å². The Bertz CT molecular complexity index is 519. The van der Waals surface area contributed by atoms with Gasteiger partial charge in [0, 0.05) is 6.20 Å². The molecule has 0 radical (unpaired) electrons. The summed E-state index contributed by atoms with van der Waals surface area (Å²) in [5.41, 5.74) is 2.35. The zero-order chi connectivity index (χ0) is 12.3. The summed E-state index contributed by atoms with van der Waals surface area (Å²) in [6.07, 6.45) is 3.03. The van der Waals surface area contributed by atoms with Crippen molar-refractivity contribution in [2.24, 2.45) is 5.84 Å². The van der Waals surface area contributed by atoms with Crippen molar-refractivity contribution in [1.82, 2.24) is 15.0 Å². The summed E-state index contributed by atoms with van der Waals surface area (Å²) in [6.45, 7) is 0. The van der Waals surface area contributed by atoms with E-state index >= 15 is 0 Å². The zero-order valence-electron chi connectivity index (χ0n) is 8.39. The number of nitrogen functional groups attached to an aromatic ring is 1. The third kappa shape index (κ3) is 3.19. The summed E-state index contributed by atoms with van der Waals surface area (Å²) < 4.78 is 0. The number of nitrogens with one attached hydrogen (secondary N) is 1. The van der Waals surface area contributed by atoms with Crippen molar-refractivity contribution in [3.05, 3.63) is 34.6 Å². The smallest absolute Gasteiger partial charge is 0.238 e. The van der Waals surface area contributed by atoms with Crippen LogP contribution in [-0.2, 0) is 0 Å². The largest absolute Gasteiger partial charge is 0.292 e. The first-order valence-corrected chi connectivity index (χ1v) is 6.05. The number of rotatable bonds is 3. The van der Waals surface area contributed by atoms with Crippen LogP contribution in [0.5, 0.6) is 0 Å². The minimum absolute atomic E-state index is 0.297. The van der Waals surface area contributed by atoms with Crippen molar-refractivity contribution in [2.75, 3.05) is 5.43 Å². The number of pyridine rings is 1. The molecule has 17 heavy (non-hydrogen) atoms. The minimum Gasteiger partial charge on any atom is -0.292 e. The van der Waals surface area contributed by atoms with Crippen molar-refractivity contribution < 1.29 is 0 Å². The molecule has 0 saturated heterocycles. The van der Waals surface area contributed by atoms with Crippen LogP contribution in [0.25, 0.3) is 0 Å². The third-order valence-electron chi connectivity index (χ3n) is 1.74. The first kappa shape index (κ1) is 12.4. The number of hydrogen-bond donors (Lipinski definition) is 2. The van der Waals surface area contributed by atoms with E-state index < -0.39 is 0 Å². The number of halogens is 2. The van der Waals surface area contributed by atoms with E-state index in [4.69, 9.17) is 29.0 Å². The van der Waals surface area contributed by atoms with Crippen molar-refractivity contribution in [3.8, 4) is 0 Å². The topological polar surface area (TPSA) is 76.7 Å². The Labute approximate surface area is 112 Å². The van der Waals surface area contributed by atoms with Gasteiger partial charge in [0.1, 0.15) is 10.1 Å². The standard InChI is InChI=1S/C9H7Cl2N5S/c10-5-1-2-7(13-3-5)17-8-6(11)4-14-9(15-8)16-12/h1-4H,12H2,(H,14,15,16). The van der Waals surface area contributed by atoms with Gasteiger partial charge in [0.15, 0.2) is 0 Å². The zero-order valence-corrected chi connectivity index (χ0v) is 10.7. The van der Waals surface area contributed by atoms with Gasteiger partial charge in [0.05, 0.1) is 16.2 Å². The van der Waals surface area contributed by atoms with Gasteiger partial charge in [-0.2, -0.15) is 0 Å². The molecule has 0 aliphatic carbocycles.